The molecule has 5 heavy (non-hydrogen) atoms. The number of hydrogen-bond donors (Lipinski definition) is 0. The van der Waals surface area contributed by atoms with Crippen LogP contribution in [0.4, 0.5) is 4.70 Å². The quantitative estimate of drug-likeness (QED) is 0.299. The van der Waals surface area contributed by atoms with Gasteiger partial charge in [0.05, 0.1) is 0 Å². The van der Waals surface area contributed by atoms with Crippen molar-refractivity contribution in [3.63, 3.8) is 0 Å². The zero-order chi connectivity index (χ0) is 0. The second-order valence-corrected chi connectivity index (χ2v) is 0. The Hall–Kier alpha value is -0.230. The summed E-state index contributed by atoms with van der Waals surface area (Å²) >= 11 is 0. The SMILES string of the molecule is F.O.O.O.O. The fraction of sp³-hybridized carbons (Fsp3) is 0. The smallest absolute Gasteiger partial charge is 0.269 e. The Morgan fingerprint density at radius 3 is 0.400 bits per heavy atom. The van der Waals surface area contributed by atoms with Crippen molar-refractivity contribution >= 4 is 0 Å². The molecule has 0 aliphatic carbocycles. The van der Waals surface area contributed by atoms with Crippen LogP contribution in [0.5, 0.6) is 0 Å². The van der Waals surface area contributed by atoms with Gasteiger partial charge in [-0.2, -0.15) is 0 Å². The predicted octanol–water partition coefficient (Wildman–Crippen LogP) is -3.15. The third-order valence-electron chi connectivity index (χ3n) is 0. The first-order valence-corrected chi connectivity index (χ1v) is 0. The van der Waals surface area contributed by atoms with Crippen molar-refractivity contribution in [2.45, 2.75) is 0 Å². The Kier molecular flexibility index (Phi) is 140000. The van der Waals surface area contributed by atoms with Gasteiger partial charge in [-0.3, -0.25) is 4.70 Å². The van der Waals surface area contributed by atoms with Crippen molar-refractivity contribution in [2.75, 3.05) is 0 Å². The van der Waals surface area contributed by atoms with Crippen LogP contribution in [-0.2, 0) is 0 Å². The Morgan fingerprint density at radius 1 is 0.400 bits per heavy atom. The highest BCUT2D eigenvalue weighted by Crippen LogP contribution is 0.420. The van der Waals surface area contributed by atoms with Gasteiger partial charge >= 0.3 is 0 Å². The molecule has 0 rings (SSSR count). The van der Waals surface area contributed by atoms with E-state index < -0.39 is 0 Å². The van der Waals surface area contributed by atoms with Gasteiger partial charge in [0, 0.05) is 0 Å². The maximum Gasteiger partial charge on any atom is -0.269 e. The van der Waals surface area contributed by atoms with E-state index in [2.05, 4.69) is 0 Å². The molecule has 0 aromatic rings. The van der Waals surface area contributed by atoms with E-state index in [1.165, 1.54) is 0 Å². The number of hydrogen-bond acceptors (Lipinski definition) is 0. The normalized spacial score (nSPS) is 0. The van der Waals surface area contributed by atoms with Crippen LogP contribution < -0.4 is 0 Å². The first-order valence-electron chi connectivity index (χ1n) is 0. The second kappa shape index (κ2) is 547. The molecule has 0 saturated heterocycles. The summed E-state index contributed by atoms with van der Waals surface area (Å²) < 4.78 is 0. The molecule has 0 aliphatic rings. The summed E-state index contributed by atoms with van der Waals surface area (Å²) in [5.41, 5.74) is 0. The third-order valence-corrected chi connectivity index (χ3v) is 0. The largest absolute Gasteiger partial charge is 0.412 e. The Morgan fingerprint density at radius 2 is 0.400 bits per heavy atom. The van der Waals surface area contributed by atoms with E-state index in [0.717, 1.165) is 0 Å². The average molecular weight is 92.1 g/mol. The van der Waals surface area contributed by atoms with Crippen LogP contribution in [0.2, 0.25) is 0 Å². The minimum atomic E-state index is 0. The van der Waals surface area contributed by atoms with E-state index in [1.54, 1.807) is 0 Å². The van der Waals surface area contributed by atoms with Crippen LogP contribution in [0.15, 0.2) is 0 Å². The van der Waals surface area contributed by atoms with E-state index in [0.29, 0.717) is 0 Å². The van der Waals surface area contributed by atoms with Crippen molar-refractivity contribution in [1.82, 2.24) is 0 Å². The molecular formula is H9FO4. The zero-order valence-electron chi connectivity index (χ0n) is 2.41. The number of halogens is 1. The molecule has 5 heteroatoms. The van der Waals surface area contributed by atoms with Crippen molar-refractivity contribution < 1.29 is 26.6 Å². The van der Waals surface area contributed by atoms with Crippen molar-refractivity contribution in [3.05, 3.63) is 0 Å². The molecule has 0 heterocycles. The van der Waals surface area contributed by atoms with Crippen LogP contribution in [0, 0.1) is 0 Å². The molecule has 0 fully saturated rings. The molecule has 0 bridgehead atoms. The fourth-order valence-electron chi connectivity index (χ4n) is 0. The third kappa shape index (κ3) is 223. The van der Waals surface area contributed by atoms with Gasteiger partial charge in [-0.25, -0.2) is 0 Å². The molecule has 0 unspecified atom stereocenters. The van der Waals surface area contributed by atoms with Gasteiger partial charge in [0.2, 0.25) is 0 Å². The van der Waals surface area contributed by atoms with E-state index in [9.17, 15) is 0 Å². The van der Waals surface area contributed by atoms with E-state index >= 15 is 0 Å². The van der Waals surface area contributed by atoms with Crippen LogP contribution in [0.25, 0.3) is 0 Å². The summed E-state index contributed by atoms with van der Waals surface area (Å²) in [6.07, 6.45) is 0. The van der Waals surface area contributed by atoms with Gasteiger partial charge in [0.1, 0.15) is 0 Å². The van der Waals surface area contributed by atoms with Gasteiger partial charge in [-0.15, -0.1) is 0 Å². The highest BCUT2D eigenvalue weighted by molar-refractivity contribution is 1.11. The van der Waals surface area contributed by atoms with Gasteiger partial charge < -0.3 is 21.9 Å². The maximum absolute atomic E-state index is 0. The first kappa shape index (κ1) is 1280. The van der Waals surface area contributed by atoms with Crippen LogP contribution in [0.1, 0.15) is 0 Å². The summed E-state index contributed by atoms with van der Waals surface area (Å²) in [7, 11) is 0. The molecular weight excluding hydrogens is 83.0 g/mol. The van der Waals surface area contributed by atoms with Gasteiger partial charge in [0.15, 0.2) is 0 Å². The number of rotatable bonds is 0. The van der Waals surface area contributed by atoms with Crippen LogP contribution in [-0.4, -0.2) is 21.9 Å². The summed E-state index contributed by atoms with van der Waals surface area (Å²) in [6.45, 7) is 0. The summed E-state index contributed by atoms with van der Waals surface area (Å²) in [4.78, 5) is 0. The summed E-state index contributed by atoms with van der Waals surface area (Å²) in [5, 5.41) is 0. The molecule has 0 aromatic carbocycles. The maximum atomic E-state index is 0. The van der Waals surface area contributed by atoms with E-state index in [1.807, 2.05) is 0 Å². The lowest BCUT2D eigenvalue weighted by atomic mass is 16.0. The average Bonchev–Trinajstić information content (AvgIpc) is 0. The van der Waals surface area contributed by atoms with Gasteiger partial charge in [-0.1, -0.05) is 0 Å². The Labute approximate surface area is 28.0 Å². The van der Waals surface area contributed by atoms with Crippen molar-refractivity contribution in [3.8, 4) is 0 Å². The Bertz CT molecular complexity index is 3.61. The minimum absolute atomic E-state index is 0. The fourth-order valence-corrected chi connectivity index (χ4v) is 0. The lowest BCUT2D eigenvalue weighted by Crippen LogP contribution is -0.290. The minimum Gasteiger partial charge on any atom is -0.412 e. The lowest BCUT2D eigenvalue weighted by molar-refractivity contribution is 0.823. The topological polar surface area (TPSA) is 126 Å². The summed E-state index contributed by atoms with van der Waals surface area (Å²) in [6, 6.07) is 0. The monoisotopic (exact) mass is 92.0 g/mol. The molecule has 0 atom stereocenters. The highest BCUT2D eigenvalue weighted by atomic mass is 19.0. The van der Waals surface area contributed by atoms with Crippen LogP contribution in [0.3, 0.4) is 0 Å². The molecule has 0 spiro atoms. The first-order chi connectivity index (χ1) is 0. The molecule has 0 saturated carbocycles. The molecule has 0 amide bonds. The van der Waals surface area contributed by atoms with Gasteiger partial charge in [-0.05, 0) is 0 Å². The van der Waals surface area contributed by atoms with E-state index in [-0.39, 0.29) is 26.6 Å². The molecule has 0 aromatic heterocycles. The van der Waals surface area contributed by atoms with Crippen molar-refractivity contribution in [2.24, 2.45) is 0 Å². The molecule has 40 valence electrons. The summed E-state index contributed by atoms with van der Waals surface area (Å²) in [5.74, 6) is 0. The van der Waals surface area contributed by atoms with Gasteiger partial charge in [0.25, 0.3) is 0 Å². The highest BCUT2D eigenvalue weighted by Gasteiger charge is -0.269. The standard InChI is InChI=1S/FH.4H2O/h1H;4*1H2. The molecule has 0 radical (unpaired) electrons. The Balaban J connectivity index is 0. The second-order valence-electron chi connectivity index (χ2n) is 0. The van der Waals surface area contributed by atoms with E-state index in [4.69, 9.17) is 0 Å². The van der Waals surface area contributed by atoms with Crippen molar-refractivity contribution in [1.29, 1.82) is 0 Å². The molecule has 0 aliphatic heterocycles. The predicted molar refractivity (Wildman–Crippen MR) is 17.0 cm³/mol. The zero-order valence-corrected chi connectivity index (χ0v) is 2.41. The van der Waals surface area contributed by atoms with Crippen LogP contribution >= 0.6 is 0 Å². The lowest BCUT2D eigenvalue weighted by Gasteiger charge is -0.413. The molecule has 8 N–H and O–H groups in total. The molecule has 4 nitrogen and oxygen atoms in total.